The second kappa shape index (κ2) is 5.07. The van der Waals surface area contributed by atoms with Crippen molar-refractivity contribution in [3.63, 3.8) is 0 Å². The minimum atomic E-state index is 0.272. The Morgan fingerprint density at radius 3 is 3.06 bits per heavy atom. The predicted octanol–water partition coefficient (Wildman–Crippen LogP) is 2.72. The molecule has 0 aliphatic rings. The zero-order valence-electron chi connectivity index (χ0n) is 9.10. The number of aromatic hydroxyl groups is 1. The number of fused-ring (bicyclic) bond motifs is 1. The number of hydrogen-bond donors (Lipinski definition) is 2. The van der Waals surface area contributed by atoms with E-state index < -0.39 is 0 Å². The van der Waals surface area contributed by atoms with Crippen molar-refractivity contribution in [1.82, 2.24) is 4.98 Å². The van der Waals surface area contributed by atoms with Gasteiger partial charge in [-0.3, -0.25) is 0 Å². The monoisotopic (exact) mass is 234 g/mol. The molecule has 0 spiro atoms. The molecule has 0 aliphatic heterocycles. The standard InChI is InChI=1S/C12H14N2OS/c1-16-7-6-14-12-11-8-10(15)3-2-9(11)4-5-13-12/h2-5,8,15H,6-7H2,1H3,(H,13,14). The first-order valence-corrected chi connectivity index (χ1v) is 6.51. The van der Waals surface area contributed by atoms with Crippen LogP contribution < -0.4 is 5.32 Å². The topological polar surface area (TPSA) is 45.2 Å². The molecule has 84 valence electrons. The predicted molar refractivity (Wildman–Crippen MR) is 70.3 cm³/mol. The van der Waals surface area contributed by atoms with Gasteiger partial charge in [-0.05, 0) is 29.8 Å². The highest BCUT2D eigenvalue weighted by molar-refractivity contribution is 7.98. The molecule has 3 nitrogen and oxygen atoms in total. The smallest absolute Gasteiger partial charge is 0.133 e. The first-order chi connectivity index (χ1) is 7.81. The highest BCUT2D eigenvalue weighted by atomic mass is 32.2. The highest BCUT2D eigenvalue weighted by Crippen LogP contribution is 2.24. The zero-order valence-corrected chi connectivity index (χ0v) is 9.92. The fourth-order valence-electron chi connectivity index (χ4n) is 1.57. The quantitative estimate of drug-likeness (QED) is 0.798. The maximum absolute atomic E-state index is 9.47. The second-order valence-corrected chi connectivity index (χ2v) is 4.47. The molecule has 0 atom stereocenters. The lowest BCUT2D eigenvalue weighted by atomic mass is 10.1. The van der Waals surface area contributed by atoms with Crippen molar-refractivity contribution in [2.75, 3.05) is 23.9 Å². The van der Waals surface area contributed by atoms with Crippen LogP contribution in [-0.4, -0.2) is 28.6 Å². The van der Waals surface area contributed by atoms with E-state index in [4.69, 9.17) is 0 Å². The van der Waals surface area contributed by atoms with Crippen LogP contribution in [0.15, 0.2) is 30.5 Å². The van der Waals surface area contributed by atoms with E-state index in [0.29, 0.717) is 0 Å². The summed E-state index contributed by atoms with van der Waals surface area (Å²) in [6.45, 7) is 0.878. The Hall–Kier alpha value is -1.42. The molecule has 4 heteroatoms. The second-order valence-electron chi connectivity index (χ2n) is 3.48. The van der Waals surface area contributed by atoms with Crippen molar-refractivity contribution in [3.05, 3.63) is 30.5 Å². The Morgan fingerprint density at radius 2 is 2.25 bits per heavy atom. The van der Waals surface area contributed by atoms with Crippen molar-refractivity contribution in [2.24, 2.45) is 0 Å². The first kappa shape index (κ1) is 11.1. The van der Waals surface area contributed by atoms with Gasteiger partial charge >= 0.3 is 0 Å². The number of pyridine rings is 1. The molecule has 2 aromatic rings. The molecule has 1 heterocycles. The lowest BCUT2D eigenvalue weighted by Gasteiger charge is -2.08. The van der Waals surface area contributed by atoms with Crippen molar-refractivity contribution in [3.8, 4) is 5.75 Å². The molecule has 1 aromatic heterocycles. The number of phenolic OH excluding ortho intramolecular Hbond substituents is 1. The van der Waals surface area contributed by atoms with E-state index in [-0.39, 0.29) is 5.75 Å². The molecular weight excluding hydrogens is 220 g/mol. The zero-order chi connectivity index (χ0) is 11.4. The number of thioether (sulfide) groups is 1. The van der Waals surface area contributed by atoms with E-state index in [0.717, 1.165) is 28.9 Å². The summed E-state index contributed by atoms with van der Waals surface area (Å²) in [5.74, 6) is 2.15. The maximum Gasteiger partial charge on any atom is 0.133 e. The maximum atomic E-state index is 9.47. The molecule has 0 unspecified atom stereocenters. The van der Waals surface area contributed by atoms with Crippen molar-refractivity contribution in [1.29, 1.82) is 0 Å². The number of benzene rings is 1. The number of aromatic nitrogens is 1. The van der Waals surface area contributed by atoms with E-state index in [1.165, 1.54) is 0 Å². The van der Waals surface area contributed by atoms with Gasteiger partial charge in [0.2, 0.25) is 0 Å². The summed E-state index contributed by atoms with van der Waals surface area (Å²) in [5, 5.41) is 14.8. The Morgan fingerprint density at radius 1 is 1.38 bits per heavy atom. The van der Waals surface area contributed by atoms with Gasteiger partial charge in [-0.1, -0.05) is 6.07 Å². The Kier molecular flexibility index (Phi) is 3.51. The van der Waals surface area contributed by atoms with E-state index in [1.807, 2.05) is 12.1 Å². The van der Waals surface area contributed by atoms with Crippen LogP contribution in [0.25, 0.3) is 10.8 Å². The van der Waals surface area contributed by atoms with Crippen LogP contribution in [0.4, 0.5) is 5.82 Å². The fraction of sp³-hybridized carbons (Fsp3) is 0.250. The Bertz CT molecular complexity index is 487. The third-order valence-corrected chi connectivity index (χ3v) is 2.96. The van der Waals surface area contributed by atoms with Crippen LogP contribution in [0.5, 0.6) is 5.75 Å². The average Bonchev–Trinajstić information content (AvgIpc) is 2.30. The van der Waals surface area contributed by atoms with Crippen molar-refractivity contribution < 1.29 is 5.11 Å². The van der Waals surface area contributed by atoms with Crippen LogP contribution >= 0.6 is 11.8 Å². The Labute approximate surface area is 98.9 Å². The van der Waals surface area contributed by atoms with Gasteiger partial charge in [-0.15, -0.1) is 0 Å². The number of nitrogens with one attached hydrogen (secondary N) is 1. The minimum absolute atomic E-state index is 0.272. The number of nitrogens with zero attached hydrogens (tertiary/aromatic N) is 1. The third-order valence-electron chi connectivity index (χ3n) is 2.35. The lowest BCUT2D eigenvalue weighted by molar-refractivity contribution is 0.476. The van der Waals surface area contributed by atoms with E-state index in [1.54, 1.807) is 30.1 Å². The van der Waals surface area contributed by atoms with Gasteiger partial charge in [0.1, 0.15) is 11.6 Å². The molecule has 1 aromatic carbocycles. The highest BCUT2D eigenvalue weighted by Gasteiger charge is 2.02. The fourth-order valence-corrected chi connectivity index (χ4v) is 1.87. The summed E-state index contributed by atoms with van der Waals surface area (Å²) in [7, 11) is 0. The molecule has 2 rings (SSSR count). The van der Waals surface area contributed by atoms with Gasteiger partial charge in [-0.2, -0.15) is 11.8 Å². The van der Waals surface area contributed by atoms with Crippen LogP contribution in [0.2, 0.25) is 0 Å². The number of anilines is 1. The van der Waals surface area contributed by atoms with E-state index >= 15 is 0 Å². The molecule has 0 fully saturated rings. The summed E-state index contributed by atoms with van der Waals surface area (Å²) in [6.07, 6.45) is 3.85. The molecule has 0 saturated heterocycles. The molecule has 0 aliphatic carbocycles. The molecular formula is C12H14N2OS. The normalized spacial score (nSPS) is 10.6. The molecule has 0 saturated carbocycles. The molecule has 0 bridgehead atoms. The average molecular weight is 234 g/mol. The van der Waals surface area contributed by atoms with E-state index in [9.17, 15) is 5.11 Å². The number of hydrogen-bond acceptors (Lipinski definition) is 4. The molecule has 0 radical (unpaired) electrons. The van der Waals surface area contributed by atoms with Gasteiger partial charge in [-0.25, -0.2) is 4.98 Å². The van der Waals surface area contributed by atoms with Crippen molar-refractivity contribution >= 4 is 28.4 Å². The van der Waals surface area contributed by atoms with Gasteiger partial charge in [0.15, 0.2) is 0 Å². The summed E-state index contributed by atoms with van der Waals surface area (Å²) in [5.41, 5.74) is 0. The van der Waals surface area contributed by atoms with Gasteiger partial charge < -0.3 is 10.4 Å². The minimum Gasteiger partial charge on any atom is -0.508 e. The van der Waals surface area contributed by atoms with Crippen LogP contribution in [0.3, 0.4) is 0 Å². The van der Waals surface area contributed by atoms with Gasteiger partial charge in [0, 0.05) is 23.9 Å². The van der Waals surface area contributed by atoms with Crippen molar-refractivity contribution in [2.45, 2.75) is 0 Å². The van der Waals surface area contributed by atoms with Gasteiger partial charge in [0.05, 0.1) is 0 Å². The van der Waals surface area contributed by atoms with E-state index in [2.05, 4.69) is 16.6 Å². The summed E-state index contributed by atoms with van der Waals surface area (Å²) >= 11 is 1.79. The number of rotatable bonds is 4. The summed E-state index contributed by atoms with van der Waals surface area (Å²) in [4.78, 5) is 4.29. The Balaban J connectivity index is 2.32. The van der Waals surface area contributed by atoms with Gasteiger partial charge in [0.25, 0.3) is 0 Å². The lowest BCUT2D eigenvalue weighted by Crippen LogP contribution is -2.05. The van der Waals surface area contributed by atoms with Crippen LogP contribution in [0, 0.1) is 0 Å². The molecule has 2 N–H and O–H groups in total. The number of phenols is 1. The first-order valence-electron chi connectivity index (χ1n) is 5.12. The third kappa shape index (κ3) is 2.39. The largest absolute Gasteiger partial charge is 0.508 e. The summed E-state index contributed by atoms with van der Waals surface area (Å²) < 4.78 is 0. The van der Waals surface area contributed by atoms with Crippen LogP contribution in [-0.2, 0) is 0 Å². The molecule has 16 heavy (non-hydrogen) atoms. The van der Waals surface area contributed by atoms with Crippen LogP contribution in [0.1, 0.15) is 0 Å². The SMILES string of the molecule is CSCCNc1nccc2ccc(O)cc12. The summed E-state index contributed by atoms with van der Waals surface area (Å²) in [6, 6.07) is 7.26. The molecule has 0 amide bonds.